The Morgan fingerprint density at radius 2 is 2.08 bits per heavy atom. The molecule has 6 nitrogen and oxygen atoms in total. The van der Waals surface area contributed by atoms with Crippen molar-refractivity contribution in [2.75, 3.05) is 26.4 Å². The zero-order chi connectivity index (χ0) is 17.9. The SMILES string of the molecule is CCOc1c(C2(C)OCCO2)cc(Cl)c(F)c1C(CC)C[N+](=O)[O-]. The van der Waals surface area contributed by atoms with Crippen LogP contribution in [0.5, 0.6) is 5.75 Å². The zero-order valence-corrected chi connectivity index (χ0v) is 14.7. The molecule has 8 heteroatoms. The van der Waals surface area contributed by atoms with Crippen LogP contribution in [0.15, 0.2) is 6.07 Å². The van der Waals surface area contributed by atoms with Gasteiger partial charge in [0.25, 0.3) is 0 Å². The molecule has 0 spiro atoms. The summed E-state index contributed by atoms with van der Waals surface area (Å²) in [5.74, 6) is -2.26. The standard InChI is InChI=1S/C16H21ClFNO5/c1-4-10(9-19(20)21)13-14(18)12(17)8-11(15(13)22-5-2)16(3)23-6-7-24-16/h8,10H,4-7,9H2,1-3H3. The number of nitrogens with zero attached hydrogens (tertiary/aromatic N) is 1. The van der Waals surface area contributed by atoms with E-state index in [0.717, 1.165) is 0 Å². The maximum atomic E-state index is 14.7. The number of halogens is 2. The van der Waals surface area contributed by atoms with Crippen molar-refractivity contribution >= 4 is 11.6 Å². The first kappa shape index (κ1) is 18.9. The van der Waals surface area contributed by atoms with Gasteiger partial charge in [-0.2, -0.15) is 0 Å². The van der Waals surface area contributed by atoms with Gasteiger partial charge in [-0.3, -0.25) is 10.1 Å². The van der Waals surface area contributed by atoms with Crippen molar-refractivity contribution in [3.63, 3.8) is 0 Å². The average Bonchev–Trinajstić information content (AvgIpc) is 2.97. The summed E-state index contributed by atoms with van der Waals surface area (Å²) in [6.07, 6.45) is 0.371. The molecule has 1 fully saturated rings. The molecule has 24 heavy (non-hydrogen) atoms. The quantitative estimate of drug-likeness (QED) is 0.544. The lowest BCUT2D eigenvalue weighted by Crippen LogP contribution is -2.25. The molecule has 1 aliphatic heterocycles. The van der Waals surface area contributed by atoms with Crippen molar-refractivity contribution in [3.05, 3.63) is 38.1 Å². The minimum atomic E-state index is -1.12. The molecule has 1 aromatic rings. The Balaban J connectivity index is 2.66. The minimum Gasteiger partial charge on any atom is -0.493 e. The van der Waals surface area contributed by atoms with Gasteiger partial charge in [0.05, 0.1) is 36.3 Å². The van der Waals surface area contributed by atoms with Gasteiger partial charge < -0.3 is 14.2 Å². The zero-order valence-electron chi connectivity index (χ0n) is 13.9. The van der Waals surface area contributed by atoms with Crippen LogP contribution >= 0.6 is 11.6 Å². The largest absolute Gasteiger partial charge is 0.493 e. The van der Waals surface area contributed by atoms with Gasteiger partial charge >= 0.3 is 0 Å². The maximum Gasteiger partial charge on any atom is 0.210 e. The number of benzene rings is 1. The number of nitro groups is 1. The van der Waals surface area contributed by atoms with E-state index in [0.29, 0.717) is 25.2 Å². The number of hydrogen-bond acceptors (Lipinski definition) is 5. The van der Waals surface area contributed by atoms with Crippen LogP contribution in [0.25, 0.3) is 0 Å². The van der Waals surface area contributed by atoms with Crippen molar-refractivity contribution < 1.29 is 23.5 Å². The lowest BCUT2D eigenvalue weighted by atomic mass is 9.91. The van der Waals surface area contributed by atoms with Crippen LogP contribution in [0.4, 0.5) is 4.39 Å². The van der Waals surface area contributed by atoms with E-state index < -0.39 is 29.0 Å². The third-order valence-electron chi connectivity index (χ3n) is 4.09. The molecule has 1 aromatic carbocycles. The van der Waals surface area contributed by atoms with Crippen LogP contribution < -0.4 is 4.74 Å². The highest BCUT2D eigenvalue weighted by Gasteiger charge is 2.40. The average molecular weight is 362 g/mol. The van der Waals surface area contributed by atoms with E-state index in [1.165, 1.54) is 6.07 Å². The molecular weight excluding hydrogens is 341 g/mol. The summed E-state index contributed by atoms with van der Waals surface area (Å²) in [5, 5.41) is 10.8. The van der Waals surface area contributed by atoms with Crippen LogP contribution in [0.2, 0.25) is 5.02 Å². The van der Waals surface area contributed by atoms with Crippen LogP contribution in [0.1, 0.15) is 44.2 Å². The summed E-state index contributed by atoms with van der Waals surface area (Å²) >= 11 is 6.06. The Hall–Kier alpha value is -1.44. The second-order valence-corrected chi connectivity index (χ2v) is 6.07. The molecule has 0 bridgehead atoms. The fourth-order valence-corrected chi connectivity index (χ4v) is 3.12. The Morgan fingerprint density at radius 3 is 2.58 bits per heavy atom. The van der Waals surface area contributed by atoms with Gasteiger partial charge in [-0.1, -0.05) is 18.5 Å². The van der Waals surface area contributed by atoms with Crippen LogP contribution in [-0.2, 0) is 15.3 Å². The van der Waals surface area contributed by atoms with E-state index in [4.69, 9.17) is 25.8 Å². The van der Waals surface area contributed by atoms with Crippen LogP contribution in [0, 0.1) is 15.9 Å². The lowest BCUT2D eigenvalue weighted by Gasteiger charge is -2.28. The molecule has 1 aliphatic rings. The van der Waals surface area contributed by atoms with Gasteiger partial charge in [0.1, 0.15) is 11.6 Å². The lowest BCUT2D eigenvalue weighted by molar-refractivity contribution is -0.483. The summed E-state index contributed by atoms with van der Waals surface area (Å²) in [6, 6.07) is 1.41. The Morgan fingerprint density at radius 1 is 1.46 bits per heavy atom. The fraction of sp³-hybridized carbons (Fsp3) is 0.625. The molecule has 0 N–H and O–H groups in total. The molecule has 1 unspecified atom stereocenters. The molecule has 134 valence electrons. The van der Waals surface area contributed by atoms with Crippen molar-refractivity contribution in [1.29, 1.82) is 0 Å². The summed E-state index contributed by atoms with van der Waals surface area (Å²) in [4.78, 5) is 10.5. The van der Waals surface area contributed by atoms with Crippen molar-refractivity contribution in [3.8, 4) is 5.75 Å². The minimum absolute atomic E-state index is 0.110. The number of rotatable bonds is 7. The van der Waals surface area contributed by atoms with Crippen molar-refractivity contribution in [2.45, 2.75) is 38.9 Å². The Labute approximate surface area is 145 Å². The molecule has 1 heterocycles. The predicted octanol–water partition coefficient (Wildman–Crippen LogP) is 3.87. The van der Waals surface area contributed by atoms with Gasteiger partial charge in [-0.25, -0.2) is 4.39 Å². The van der Waals surface area contributed by atoms with E-state index >= 15 is 0 Å². The van der Waals surface area contributed by atoms with Crippen LogP contribution in [-0.4, -0.2) is 31.3 Å². The molecule has 1 saturated heterocycles. The van der Waals surface area contributed by atoms with Crippen LogP contribution in [0.3, 0.4) is 0 Å². The van der Waals surface area contributed by atoms with Gasteiger partial charge in [0.2, 0.25) is 6.54 Å². The smallest absolute Gasteiger partial charge is 0.210 e. The molecule has 0 aromatic heterocycles. The molecule has 0 aliphatic carbocycles. The second kappa shape index (κ2) is 7.63. The van der Waals surface area contributed by atoms with Crippen molar-refractivity contribution in [1.82, 2.24) is 0 Å². The highest BCUT2D eigenvalue weighted by molar-refractivity contribution is 6.31. The first-order valence-corrected chi connectivity index (χ1v) is 8.26. The summed E-state index contributed by atoms with van der Waals surface area (Å²) in [6.45, 7) is 5.85. The Bertz CT molecular complexity index is 619. The molecule has 0 amide bonds. The molecule has 1 atom stereocenters. The summed E-state index contributed by atoms with van der Waals surface area (Å²) in [7, 11) is 0. The number of hydrogen-bond donors (Lipinski definition) is 0. The molecule has 0 saturated carbocycles. The fourth-order valence-electron chi connectivity index (χ4n) is 2.91. The number of ether oxygens (including phenoxy) is 3. The predicted molar refractivity (Wildman–Crippen MR) is 86.7 cm³/mol. The van der Waals surface area contributed by atoms with E-state index in [-0.39, 0.29) is 22.9 Å². The first-order valence-electron chi connectivity index (χ1n) is 7.88. The van der Waals surface area contributed by atoms with Gasteiger partial charge in [0.15, 0.2) is 5.79 Å². The highest BCUT2D eigenvalue weighted by atomic mass is 35.5. The maximum absolute atomic E-state index is 14.7. The van der Waals surface area contributed by atoms with Gasteiger partial charge in [-0.15, -0.1) is 0 Å². The highest BCUT2D eigenvalue weighted by Crippen LogP contribution is 2.45. The normalized spacial score (nSPS) is 17.7. The third kappa shape index (κ3) is 3.63. The van der Waals surface area contributed by atoms with Gasteiger partial charge in [0, 0.05) is 10.5 Å². The van der Waals surface area contributed by atoms with E-state index in [1.807, 2.05) is 0 Å². The summed E-state index contributed by atoms with van der Waals surface area (Å²) < 4.78 is 31.7. The Kier molecular flexibility index (Phi) is 6.01. The van der Waals surface area contributed by atoms with E-state index in [9.17, 15) is 14.5 Å². The second-order valence-electron chi connectivity index (χ2n) is 5.66. The van der Waals surface area contributed by atoms with Gasteiger partial charge in [-0.05, 0) is 26.3 Å². The summed E-state index contributed by atoms with van der Waals surface area (Å²) in [5.41, 5.74) is 0.559. The molecule has 2 rings (SSSR count). The monoisotopic (exact) mass is 361 g/mol. The third-order valence-corrected chi connectivity index (χ3v) is 4.37. The molecule has 0 radical (unpaired) electrons. The van der Waals surface area contributed by atoms with E-state index in [2.05, 4.69) is 0 Å². The first-order chi connectivity index (χ1) is 11.3. The van der Waals surface area contributed by atoms with E-state index in [1.54, 1.807) is 20.8 Å². The van der Waals surface area contributed by atoms with Crippen molar-refractivity contribution in [2.24, 2.45) is 0 Å². The molecular formula is C16H21ClFNO5. The topological polar surface area (TPSA) is 70.8 Å².